The number of benzene rings is 2. The summed E-state index contributed by atoms with van der Waals surface area (Å²) in [6, 6.07) is 14.7. The van der Waals surface area contributed by atoms with Crippen LogP contribution in [0.5, 0.6) is 0 Å². The molecule has 0 saturated heterocycles. The SMILES string of the molecule is Cc1ccc(C(=O)CSc2cccc(NC(=O)C3CC=CCC3C(=O)O)c2)cc1. The van der Waals surface area contributed by atoms with Gasteiger partial charge in [0.05, 0.1) is 17.6 Å². The molecule has 0 heterocycles. The predicted octanol–water partition coefficient (Wildman–Crippen LogP) is 4.58. The zero-order valence-corrected chi connectivity index (χ0v) is 16.9. The first kappa shape index (κ1) is 20.9. The first-order chi connectivity index (χ1) is 13.9. The molecule has 0 aromatic heterocycles. The second-order valence-corrected chi connectivity index (χ2v) is 8.14. The fourth-order valence-corrected chi connectivity index (χ4v) is 4.10. The summed E-state index contributed by atoms with van der Waals surface area (Å²) in [7, 11) is 0. The van der Waals surface area contributed by atoms with E-state index in [1.807, 2.05) is 55.5 Å². The van der Waals surface area contributed by atoms with Crippen LogP contribution >= 0.6 is 11.8 Å². The normalized spacial score (nSPS) is 18.2. The topological polar surface area (TPSA) is 83.5 Å². The van der Waals surface area contributed by atoms with Gasteiger partial charge in [0.25, 0.3) is 0 Å². The monoisotopic (exact) mass is 409 g/mol. The number of hydrogen-bond acceptors (Lipinski definition) is 4. The van der Waals surface area contributed by atoms with Crippen molar-refractivity contribution >= 4 is 35.1 Å². The Hall–Kier alpha value is -2.86. The number of hydrogen-bond donors (Lipinski definition) is 2. The van der Waals surface area contributed by atoms with E-state index in [9.17, 15) is 19.5 Å². The lowest BCUT2D eigenvalue weighted by molar-refractivity contribution is -0.146. The smallest absolute Gasteiger partial charge is 0.307 e. The average molecular weight is 410 g/mol. The molecule has 0 radical (unpaired) electrons. The molecule has 1 aliphatic rings. The molecular formula is C23H23NO4S. The highest BCUT2D eigenvalue weighted by Gasteiger charge is 2.33. The Morgan fingerprint density at radius 1 is 1.03 bits per heavy atom. The van der Waals surface area contributed by atoms with Crippen molar-refractivity contribution in [1.29, 1.82) is 0 Å². The first-order valence-electron chi connectivity index (χ1n) is 9.45. The number of amides is 1. The van der Waals surface area contributed by atoms with E-state index in [2.05, 4.69) is 5.32 Å². The number of aliphatic carboxylic acids is 1. The molecule has 2 atom stereocenters. The zero-order valence-electron chi connectivity index (χ0n) is 16.1. The van der Waals surface area contributed by atoms with E-state index in [0.29, 0.717) is 29.8 Å². The number of nitrogens with one attached hydrogen (secondary N) is 1. The second-order valence-electron chi connectivity index (χ2n) is 7.09. The van der Waals surface area contributed by atoms with Gasteiger partial charge in [-0.2, -0.15) is 0 Å². The van der Waals surface area contributed by atoms with Gasteiger partial charge in [0.2, 0.25) is 5.91 Å². The molecule has 2 unspecified atom stereocenters. The number of rotatable bonds is 7. The third-order valence-electron chi connectivity index (χ3n) is 4.93. The van der Waals surface area contributed by atoms with Crippen LogP contribution in [-0.4, -0.2) is 28.5 Å². The van der Waals surface area contributed by atoms with Crippen LogP contribution in [0.4, 0.5) is 5.69 Å². The van der Waals surface area contributed by atoms with E-state index >= 15 is 0 Å². The van der Waals surface area contributed by atoms with Crippen LogP contribution in [0.2, 0.25) is 0 Å². The number of carboxylic acids is 1. The highest BCUT2D eigenvalue weighted by atomic mass is 32.2. The summed E-state index contributed by atoms with van der Waals surface area (Å²) >= 11 is 1.40. The van der Waals surface area contributed by atoms with Gasteiger partial charge in [-0.1, -0.05) is 48.0 Å². The summed E-state index contributed by atoms with van der Waals surface area (Å²) in [5, 5.41) is 12.2. The quantitative estimate of drug-likeness (QED) is 0.397. The van der Waals surface area contributed by atoms with Gasteiger partial charge >= 0.3 is 5.97 Å². The molecule has 0 spiro atoms. The number of Topliss-reactive ketones (excluding diaryl/α,β-unsaturated/α-hetero) is 1. The number of carbonyl (C=O) groups excluding carboxylic acids is 2. The molecule has 0 saturated carbocycles. The maximum absolute atomic E-state index is 12.6. The van der Waals surface area contributed by atoms with Crippen LogP contribution in [-0.2, 0) is 9.59 Å². The van der Waals surface area contributed by atoms with Crippen molar-refractivity contribution in [1.82, 2.24) is 0 Å². The maximum atomic E-state index is 12.6. The number of carbonyl (C=O) groups is 3. The van der Waals surface area contributed by atoms with Crippen LogP contribution in [0.25, 0.3) is 0 Å². The lowest BCUT2D eigenvalue weighted by Crippen LogP contribution is -2.34. The lowest BCUT2D eigenvalue weighted by atomic mass is 9.82. The molecule has 6 heteroatoms. The summed E-state index contributed by atoms with van der Waals surface area (Å²) in [6.45, 7) is 1.98. The fraction of sp³-hybridized carbons (Fsp3) is 0.261. The van der Waals surface area contributed by atoms with Crippen molar-refractivity contribution in [3.8, 4) is 0 Å². The molecule has 1 aliphatic carbocycles. The minimum atomic E-state index is -0.951. The van der Waals surface area contributed by atoms with Crippen molar-refractivity contribution in [2.24, 2.45) is 11.8 Å². The minimum absolute atomic E-state index is 0.0442. The first-order valence-corrected chi connectivity index (χ1v) is 10.4. The minimum Gasteiger partial charge on any atom is -0.481 e. The number of thioether (sulfide) groups is 1. The van der Waals surface area contributed by atoms with Crippen molar-refractivity contribution in [2.75, 3.05) is 11.1 Å². The molecule has 5 nitrogen and oxygen atoms in total. The van der Waals surface area contributed by atoms with Gasteiger partial charge in [0.1, 0.15) is 0 Å². The summed E-state index contributed by atoms with van der Waals surface area (Å²) in [5.74, 6) is -2.19. The molecular weight excluding hydrogens is 386 g/mol. The van der Waals surface area contributed by atoms with E-state index in [1.165, 1.54) is 11.8 Å². The largest absolute Gasteiger partial charge is 0.481 e. The molecule has 3 rings (SSSR count). The third kappa shape index (κ3) is 5.57. The summed E-state index contributed by atoms with van der Waals surface area (Å²) < 4.78 is 0. The van der Waals surface area contributed by atoms with Gasteiger partial charge in [0.15, 0.2) is 5.78 Å². The Balaban J connectivity index is 1.61. The number of carboxylic acid groups (broad SMARTS) is 1. The van der Waals surface area contributed by atoms with Crippen molar-refractivity contribution < 1.29 is 19.5 Å². The van der Waals surface area contributed by atoms with E-state index in [1.54, 1.807) is 12.1 Å². The van der Waals surface area contributed by atoms with Crippen LogP contribution in [0, 0.1) is 18.8 Å². The van der Waals surface area contributed by atoms with Crippen LogP contribution < -0.4 is 5.32 Å². The zero-order chi connectivity index (χ0) is 20.8. The molecule has 0 aliphatic heterocycles. The molecule has 0 bridgehead atoms. The van der Waals surface area contributed by atoms with Crippen LogP contribution in [0.3, 0.4) is 0 Å². The molecule has 29 heavy (non-hydrogen) atoms. The highest BCUT2D eigenvalue weighted by molar-refractivity contribution is 8.00. The summed E-state index contributed by atoms with van der Waals surface area (Å²) in [6.07, 6.45) is 4.45. The third-order valence-corrected chi connectivity index (χ3v) is 5.93. The van der Waals surface area contributed by atoms with E-state index < -0.39 is 17.8 Å². The molecule has 2 aromatic rings. The maximum Gasteiger partial charge on any atom is 0.307 e. The Bertz CT molecular complexity index is 936. The van der Waals surface area contributed by atoms with Gasteiger partial charge < -0.3 is 10.4 Å². The van der Waals surface area contributed by atoms with Gasteiger partial charge in [-0.25, -0.2) is 0 Å². The van der Waals surface area contributed by atoms with Crippen molar-refractivity contribution in [3.05, 3.63) is 71.8 Å². The molecule has 0 fully saturated rings. The number of aryl methyl sites for hydroxylation is 1. The Labute approximate surface area is 174 Å². The van der Waals surface area contributed by atoms with Gasteiger partial charge in [-0.3, -0.25) is 14.4 Å². The van der Waals surface area contributed by atoms with Crippen molar-refractivity contribution in [3.63, 3.8) is 0 Å². The lowest BCUT2D eigenvalue weighted by Gasteiger charge is -2.24. The predicted molar refractivity (Wildman–Crippen MR) is 114 cm³/mol. The molecule has 2 N–H and O–H groups in total. The summed E-state index contributed by atoms with van der Waals surface area (Å²) in [5.41, 5.74) is 2.38. The van der Waals surface area contributed by atoms with Gasteiger partial charge in [-0.05, 0) is 38.0 Å². The summed E-state index contributed by atoms with van der Waals surface area (Å²) in [4.78, 5) is 37.2. The number of ketones is 1. The Kier molecular flexibility index (Phi) is 6.88. The number of anilines is 1. The van der Waals surface area contributed by atoms with Crippen LogP contribution in [0.1, 0.15) is 28.8 Å². The van der Waals surface area contributed by atoms with Gasteiger partial charge in [0, 0.05) is 16.1 Å². The second kappa shape index (κ2) is 9.56. The van der Waals surface area contributed by atoms with Gasteiger partial charge in [-0.15, -0.1) is 11.8 Å². The Morgan fingerprint density at radius 3 is 2.41 bits per heavy atom. The highest BCUT2D eigenvalue weighted by Crippen LogP contribution is 2.28. The number of allylic oxidation sites excluding steroid dienone is 2. The average Bonchev–Trinajstić information content (AvgIpc) is 2.72. The standard InChI is InChI=1S/C23H23NO4S/c1-15-9-11-16(12-10-15)21(25)14-29-18-6-4-5-17(13-18)24-22(26)19-7-2-3-8-20(19)23(27)28/h2-6,9-13,19-20H,7-8,14H2,1H3,(H,24,26)(H,27,28). The molecule has 2 aromatic carbocycles. The van der Waals surface area contributed by atoms with E-state index in [0.717, 1.165) is 10.5 Å². The van der Waals surface area contributed by atoms with E-state index in [-0.39, 0.29) is 11.7 Å². The van der Waals surface area contributed by atoms with Crippen LogP contribution in [0.15, 0.2) is 65.6 Å². The molecule has 1 amide bonds. The molecule has 150 valence electrons. The van der Waals surface area contributed by atoms with E-state index in [4.69, 9.17) is 0 Å². The fourth-order valence-electron chi connectivity index (χ4n) is 3.25. The van der Waals surface area contributed by atoms with Crippen molar-refractivity contribution in [2.45, 2.75) is 24.7 Å². The Morgan fingerprint density at radius 2 is 1.72 bits per heavy atom.